The van der Waals surface area contributed by atoms with Crippen molar-refractivity contribution in [2.75, 3.05) is 7.11 Å². The highest BCUT2D eigenvalue weighted by Crippen LogP contribution is 2.24. The van der Waals surface area contributed by atoms with Gasteiger partial charge in [-0.05, 0) is 29.7 Å². The quantitative estimate of drug-likeness (QED) is 0.899. The molecule has 0 spiro atoms. The van der Waals surface area contributed by atoms with E-state index in [0.717, 1.165) is 16.5 Å². The molecule has 2 atom stereocenters. The topological polar surface area (TPSA) is 48.1 Å². The Morgan fingerprint density at radius 2 is 2.00 bits per heavy atom. The first-order valence-corrected chi connectivity index (χ1v) is 6.26. The summed E-state index contributed by atoms with van der Waals surface area (Å²) in [5.41, 5.74) is 8.38. The molecule has 2 rings (SSSR count). The maximum Gasteiger partial charge on any atom is 0.0786 e. The van der Waals surface area contributed by atoms with Gasteiger partial charge in [0.2, 0.25) is 0 Å². The summed E-state index contributed by atoms with van der Waals surface area (Å²) >= 11 is 0. The number of nitrogens with two attached hydrogens (primary N) is 1. The molecular weight excluding hydrogens is 224 g/mol. The number of hydrogen-bond donors (Lipinski definition) is 1. The van der Waals surface area contributed by atoms with E-state index in [1.54, 1.807) is 13.3 Å². The Hall–Kier alpha value is -1.45. The Balaban J connectivity index is 2.35. The molecule has 0 amide bonds. The van der Waals surface area contributed by atoms with E-state index in [-0.39, 0.29) is 12.1 Å². The smallest absolute Gasteiger partial charge is 0.0786 e. The van der Waals surface area contributed by atoms with Gasteiger partial charge in [-0.1, -0.05) is 26.0 Å². The summed E-state index contributed by atoms with van der Waals surface area (Å²) < 4.78 is 5.50. The van der Waals surface area contributed by atoms with Crippen molar-refractivity contribution >= 4 is 10.9 Å². The van der Waals surface area contributed by atoms with Crippen LogP contribution in [-0.4, -0.2) is 18.2 Å². The summed E-state index contributed by atoms with van der Waals surface area (Å²) in [5.74, 6) is 0.384. The van der Waals surface area contributed by atoms with Gasteiger partial charge >= 0.3 is 0 Å². The number of methoxy groups -OCH3 is 1. The minimum Gasteiger partial charge on any atom is -0.379 e. The first kappa shape index (κ1) is 13.0. The summed E-state index contributed by atoms with van der Waals surface area (Å²) in [5, 5.41) is 1.11. The summed E-state index contributed by atoms with van der Waals surface area (Å²) in [6, 6.07) is 10.0. The zero-order valence-electron chi connectivity index (χ0n) is 11.1. The highest BCUT2D eigenvalue weighted by molar-refractivity contribution is 5.79. The molecule has 96 valence electrons. The van der Waals surface area contributed by atoms with Gasteiger partial charge in [-0.15, -0.1) is 0 Å². The van der Waals surface area contributed by atoms with E-state index in [1.807, 2.05) is 18.2 Å². The highest BCUT2D eigenvalue weighted by Gasteiger charge is 2.22. The van der Waals surface area contributed by atoms with Crippen LogP contribution in [0.25, 0.3) is 10.9 Å². The fraction of sp³-hybridized carbons (Fsp3) is 0.400. The predicted molar refractivity (Wildman–Crippen MR) is 74.3 cm³/mol. The summed E-state index contributed by atoms with van der Waals surface area (Å²) in [6.07, 6.45) is 1.83. The van der Waals surface area contributed by atoms with Gasteiger partial charge in [0.1, 0.15) is 0 Å². The molecule has 1 aromatic heterocycles. The van der Waals surface area contributed by atoms with Crippen LogP contribution in [0.3, 0.4) is 0 Å². The molecule has 2 aromatic rings. The maximum atomic E-state index is 6.30. The summed E-state index contributed by atoms with van der Waals surface area (Å²) in [4.78, 5) is 4.31. The number of fused-ring (bicyclic) bond motifs is 1. The third-order valence-electron chi connectivity index (χ3n) is 3.30. The van der Waals surface area contributed by atoms with Crippen LogP contribution in [0.15, 0.2) is 36.5 Å². The lowest BCUT2D eigenvalue weighted by Crippen LogP contribution is -2.32. The normalized spacial score (nSPS) is 14.9. The molecule has 0 aliphatic carbocycles. The van der Waals surface area contributed by atoms with Gasteiger partial charge in [0.15, 0.2) is 0 Å². The van der Waals surface area contributed by atoms with E-state index in [0.29, 0.717) is 5.92 Å². The molecule has 0 bridgehead atoms. The van der Waals surface area contributed by atoms with Crippen molar-refractivity contribution in [1.29, 1.82) is 0 Å². The molecule has 0 fully saturated rings. The molecule has 3 nitrogen and oxygen atoms in total. The number of hydrogen-bond acceptors (Lipinski definition) is 3. The van der Waals surface area contributed by atoms with Crippen molar-refractivity contribution in [2.24, 2.45) is 11.7 Å². The van der Waals surface area contributed by atoms with Crippen LogP contribution < -0.4 is 5.73 Å². The molecule has 3 heteroatoms. The van der Waals surface area contributed by atoms with Gasteiger partial charge in [-0.3, -0.25) is 4.98 Å². The van der Waals surface area contributed by atoms with E-state index >= 15 is 0 Å². The Morgan fingerprint density at radius 1 is 1.22 bits per heavy atom. The van der Waals surface area contributed by atoms with Crippen LogP contribution in [0, 0.1) is 5.92 Å². The van der Waals surface area contributed by atoms with Crippen LogP contribution in [0.4, 0.5) is 0 Å². The zero-order valence-corrected chi connectivity index (χ0v) is 11.1. The molecule has 1 aromatic carbocycles. The number of nitrogens with zero attached hydrogens (tertiary/aromatic N) is 1. The van der Waals surface area contributed by atoms with Crippen molar-refractivity contribution in [3.8, 4) is 0 Å². The van der Waals surface area contributed by atoms with E-state index in [1.165, 1.54) is 0 Å². The van der Waals surface area contributed by atoms with Crippen molar-refractivity contribution in [3.05, 3.63) is 42.1 Å². The van der Waals surface area contributed by atoms with Crippen LogP contribution in [0.2, 0.25) is 0 Å². The maximum absolute atomic E-state index is 6.30. The van der Waals surface area contributed by atoms with E-state index < -0.39 is 0 Å². The lowest BCUT2D eigenvalue weighted by molar-refractivity contribution is 0.0437. The second-order valence-corrected chi connectivity index (χ2v) is 4.93. The van der Waals surface area contributed by atoms with E-state index in [9.17, 15) is 0 Å². The van der Waals surface area contributed by atoms with Gasteiger partial charge in [-0.2, -0.15) is 0 Å². The largest absolute Gasteiger partial charge is 0.379 e. The predicted octanol–water partition coefficient (Wildman–Crippen LogP) is 2.91. The van der Waals surface area contributed by atoms with Crippen molar-refractivity contribution in [2.45, 2.75) is 26.0 Å². The molecular formula is C15H20N2O. The Labute approximate surface area is 108 Å². The minimum absolute atomic E-state index is 0.0270. The minimum atomic E-state index is -0.111. The average molecular weight is 244 g/mol. The van der Waals surface area contributed by atoms with Crippen LogP contribution >= 0.6 is 0 Å². The standard InChI is InChI=1S/C15H20N2O/c1-10(2)15(18-3)14(16)12-6-7-13-11(9-12)5-4-8-17-13/h4-10,14-15H,16H2,1-3H3. The molecule has 0 saturated carbocycles. The second-order valence-electron chi connectivity index (χ2n) is 4.93. The van der Waals surface area contributed by atoms with Gasteiger partial charge in [0.25, 0.3) is 0 Å². The summed E-state index contributed by atoms with van der Waals surface area (Å²) in [7, 11) is 1.72. The number of pyridine rings is 1. The molecule has 0 saturated heterocycles. The lowest BCUT2D eigenvalue weighted by atomic mass is 9.93. The number of ether oxygens (including phenoxy) is 1. The molecule has 0 aliphatic heterocycles. The van der Waals surface area contributed by atoms with Gasteiger partial charge in [0, 0.05) is 18.7 Å². The number of rotatable bonds is 4. The van der Waals surface area contributed by atoms with Crippen molar-refractivity contribution in [3.63, 3.8) is 0 Å². The molecule has 1 heterocycles. The lowest BCUT2D eigenvalue weighted by Gasteiger charge is -2.26. The Bertz CT molecular complexity index is 525. The van der Waals surface area contributed by atoms with Crippen LogP contribution in [-0.2, 0) is 4.74 Å². The fourth-order valence-electron chi connectivity index (χ4n) is 2.32. The molecule has 0 aliphatic rings. The molecule has 0 radical (unpaired) electrons. The first-order chi connectivity index (χ1) is 8.63. The third-order valence-corrected chi connectivity index (χ3v) is 3.30. The zero-order chi connectivity index (χ0) is 13.1. The Kier molecular flexibility index (Phi) is 3.94. The van der Waals surface area contributed by atoms with E-state index in [4.69, 9.17) is 10.5 Å². The highest BCUT2D eigenvalue weighted by atomic mass is 16.5. The Morgan fingerprint density at radius 3 is 2.67 bits per heavy atom. The molecule has 2 N–H and O–H groups in total. The van der Waals surface area contributed by atoms with Gasteiger partial charge in [-0.25, -0.2) is 0 Å². The third kappa shape index (κ3) is 2.52. The van der Waals surface area contributed by atoms with Crippen LogP contribution in [0.1, 0.15) is 25.5 Å². The fourth-order valence-corrected chi connectivity index (χ4v) is 2.32. The number of benzene rings is 1. The monoisotopic (exact) mass is 244 g/mol. The second kappa shape index (κ2) is 5.46. The molecule has 18 heavy (non-hydrogen) atoms. The van der Waals surface area contributed by atoms with E-state index in [2.05, 4.69) is 31.0 Å². The number of aromatic nitrogens is 1. The van der Waals surface area contributed by atoms with Gasteiger partial charge in [0.05, 0.1) is 17.7 Å². The average Bonchev–Trinajstić information content (AvgIpc) is 2.38. The van der Waals surface area contributed by atoms with Gasteiger partial charge < -0.3 is 10.5 Å². The molecule has 2 unspecified atom stereocenters. The first-order valence-electron chi connectivity index (χ1n) is 6.26. The van der Waals surface area contributed by atoms with Crippen molar-refractivity contribution < 1.29 is 4.74 Å². The van der Waals surface area contributed by atoms with Crippen molar-refractivity contribution in [1.82, 2.24) is 4.98 Å². The van der Waals surface area contributed by atoms with Crippen LogP contribution in [0.5, 0.6) is 0 Å². The SMILES string of the molecule is COC(C(C)C)C(N)c1ccc2ncccc2c1. The summed E-state index contributed by atoms with van der Waals surface area (Å²) in [6.45, 7) is 4.24.